The first-order valence-corrected chi connectivity index (χ1v) is 6.42. The van der Waals surface area contributed by atoms with Gasteiger partial charge in [-0.3, -0.25) is 5.41 Å². The topological polar surface area (TPSA) is 75.9 Å². The highest BCUT2D eigenvalue weighted by molar-refractivity contribution is 7.18. The lowest BCUT2D eigenvalue weighted by Crippen LogP contribution is -1.91. The predicted octanol–water partition coefficient (Wildman–Crippen LogP) is 3.15. The lowest BCUT2D eigenvalue weighted by molar-refractivity contribution is 0.486. The number of rotatable bonds is 1. The van der Waals surface area contributed by atoms with Gasteiger partial charge in [0.15, 0.2) is 5.13 Å². The van der Waals surface area contributed by atoms with E-state index in [1.807, 2.05) is 30.3 Å². The van der Waals surface area contributed by atoms with Crippen LogP contribution in [0.3, 0.4) is 0 Å². The molecule has 2 heterocycles. The maximum Gasteiger partial charge on any atom is 0.210 e. The molecule has 0 bridgehead atoms. The summed E-state index contributed by atoms with van der Waals surface area (Å²) >= 11 is 1.51. The molecule has 19 heavy (non-hydrogen) atoms. The fourth-order valence-electron chi connectivity index (χ4n) is 1.36. The van der Waals surface area contributed by atoms with E-state index in [2.05, 4.69) is 9.40 Å². The number of nitrogen functional groups attached to an aromatic ring is 1. The average Bonchev–Trinajstić information content (AvgIpc) is 2.88. The van der Waals surface area contributed by atoms with Crippen LogP contribution in [-0.4, -0.2) is 4.98 Å². The Morgan fingerprint density at radius 2 is 1.79 bits per heavy atom. The Balaban J connectivity index is 0.000000163. The summed E-state index contributed by atoms with van der Waals surface area (Å²) in [6.07, 6.45) is 3.28. The van der Waals surface area contributed by atoms with E-state index in [9.17, 15) is 0 Å². The summed E-state index contributed by atoms with van der Waals surface area (Å²) < 4.78 is 4.59. The molecule has 0 amide bonds. The number of thiazole rings is 1. The number of benzene rings is 1. The summed E-state index contributed by atoms with van der Waals surface area (Å²) in [5, 5.41) is 7.45. The van der Waals surface area contributed by atoms with Crippen molar-refractivity contribution in [2.45, 2.75) is 0 Å². The van der Waals surface area contributed by atoms with Gasteiger partial charge in [-0.1, -0.05) is 47.7 Å². The molecule has 0 saturated carbocycles. The second-order valence-corrected chi connectivity index (χ2v) is 4.66. The number of nitrogens with one attached hydrogen (secondary N) is 1. The van der Waals surface area contributed by atoms with E-state index in [1.165, 1.54) is 23.2 Å². The molecule has 0 atom stereocenters. The van der Waals surface area contributed by atoms with E-state index < -0.39 is 0 Å². The van der Waals surface area contributed by atoms with Crippen LogP contribution >= 0.6 is 11.3 Å². The zero-order valence-corrected chi connectivity index (χ0v) is 10.9. The maximum atomic E-state index is 6.83. The lowest BCUT2D eigenvalue weighted by atomic mass is 10.2. The Labute approximate surface area is 114 Å². The van der Waals surface area contributed by atoms with Crippen molar-refractivity contribution in [2.75, 3.05) is 5.73 Å². The van der Waals surface area contributed by atoms with Crippen molar-refractivity contribution in [1.82, 2.24) is 4.98 Å². The number of hydrogen-bond acceptors (Lipinski definition) is 5. The molecule has 5 heteroatoms. The monoisotopic (exact) mass is 271 g/mol. The summed E-state index contributed by atoms with van der Waals surface area (Å²) in [7, 11) is 0. The number of nitrogens with zero attached hydrogens (tertiary/aromatic N) is 1. The van der Waals surface area contributed by atoms with Crippen molar-refractivity contribution in [3.8, 4) is 10.4 Å². The van der Waals surface area contributed by atoms with Gasteiger partial charge in [-0.25, -0.2) is 4.98 Å². The first-order chi connectivity index (χ1) is 9.25. The van der Waals surface area contributed by atoms with Crippen molar-refractivity contribution < 1.29 is 4.42 Å². The molecule has 0 fully saturated rings. The molecule has 3 aromatic rings. The van der Waals surface area contributed by atoms with E-state index in [0.29, 0.717) is 5.13 Å². The largest absolute Gasteiger partial charge is 0.447 e. The van der Waals surface area contributed by atoms with Crippen LogP contribution in [0.5, 0.6) is 0 Å². The highest BCUT2D eigenvalue weighted by Gasteiger charge is 1.99. The van der Waals surface area contributed by atoms with Crippen LogP contribution in [0.4, 0.5) is 5.13 Å². The third-order valence-electron chi connectivity index (χ3n) is 2.21. The standard InChI is InChI=1S/C9H8N2S.C5H5NO/c10-9-11-6-8(12-9)7-4-2-1-3-5-7;6-5-3-1-2-4-7-5/h1-6H,(H2,10,11);1-4,6H. The van der Waals surface area contributed by atoms with Gasteiger partial charge in [0.2, 0.25) is 5.55 Å². The lowest BCUT2D eigenvalue weighted by Gasteiger charge is -1.92. The van der Waals surface area contributed by atoms with Crippen LogP contribution < -0.4 is 11.3 Å². The molecular weight excluding hydrogens is 258 g/mol. The van der Waals surface area contributed by atoms with Crippen LogP contribution in [0, 0.1) is 5.41 Å². The molecule has 0 radical (unpaired) electrons. The average molecular weight is 271 g/mol. The Morgan fingerprint density at radius 3 is 2.26 bits per heavy atom. The molecule has 0 spiro atoms. The number of aromatic nitrogens is 1. The summed E-state index contributed by atoms with van der Waals surface area (Å²) in [5.41, 5.74) is 6.89. The summed E-state index contributed by atoms with van der Waals surface area (Å²) in [6.45, 7) is 0. The fourth-order valence-corrected chi connectivity index (χ4v) is 2.05. The Kier molecular flexibility index (Phi) is 4.47. The highest BCUT2D eigenvalue weighted by Crippen LogP contribution is 2.26. The van der Waals surface area contributed by atoms with E-state index in [-0.39, 0.29) is 5.55 Å². The fraction of sp³-hybridized carbons (Fsp3) is 0. The molecule has 3 rings (SSSR count). The normalized spacial score (nSPS) is 9.47. The Morgan fingerprint density at radius 1 is 1.05 bits per heavy atom. The second-order valence-electron chi connectivity index (χ2n) is 3.60. The first-order valence-electron chi connectivity index (χ1n) is 5.61. The molecule has 3 N–H and O–H groups in total. The number of nitrogens with two attached hydrogens (primary N) is 1. The van der Waals surface area contributed by atoms with Gasteiger partial charge in [-0.05, 0) is 11.6 Å². The van der Waals surface area contributed by atoms with Crippen molar-refractivity contribution in [3.05, 3.63) is 66.5 Å². The SMILES string of the molecule is N=c1cccco1.Nc1ncc(-c2ccccc2)s1. The molecule has 4 nitrogen and oxygen atoms in total. The molecule has 1 aromatic carbocycles. The van der Waals surface area contributed by atoms with Crippen molar-refractivity contribution in [1.29, 1.82) is 5.41 Å². The van der Waals surface area contributed by atoms with E-state index in [0.717, 1.165) is 4.88 Å². The summed E-state index contributed by atoms with van der Waals surface area (Å²) in [6, 6.07) is 15.2. The van der Waals surface area contributed by atoms with Gasteiger partial charge in [0.1, 0.15) is 0 Å². The molecule has 0 saturated heterocycles. The Bertz CT molecular complexity index is 659. The summed E-state index contributed by atoms with van der Waals surface area (Å²) in [5.74, 6) is 0. The van der Waals surface area contributed by atoms with Crippen LogP contribution in [-0.2, 0) is 0 Å². The summed E-state index contributed by atoms with van der Waals surface area (Å²) in [4.78, 5) is 5.11. The minimum atomic E-state index is 0.197. The van der Waals surface area contributed by atoms with Gasteiger partial charge in [0.05, 0.1) is 11.1 Å². The molecule has 96 valence electrons. The maximum absolute atomic E-state index is 6.83. The molecule has 0 aliphatic carbocycles. The van der Waals surface area contributed by atoms with E-state index in [4.69, 9.17) is 11.1 Å². The molecule has 0 aliphatic rings. The number of anilines is 1. The van der Waals surface area contributed by atoms with Crippen LogP contribution in [0.2, 0.25) is 0 Å². The van der Waals surface area contributed by atoms with E-state index in [1.54, 1.807) is 24.4 Å². The van der Waals surface area contributed by atoms with Crippen LogP contribution in [0.25, 0.3) is 10.4 Å². The van der Waals surface area contributed by atoms with Gasteiger partial charge in [0, 0.05) is 12.3 Å². The van der Waals surface area contributed by atoms with E-state index >= 15 is 0 Å². The molecule has 0 unspecified atom stereocenters. The Hall–Kier alpha value is -2.40. The quantitative estimate of drug-likeness (QED) is 0.713. The van der Waals surface area contributed by atoms with Crippen LogP contribution in [0.1, 0.15) is 0 Å². The van der Waals surface area contributed by atoms with Gasteiger partial charge in [0.25, 0.3) is 0 Å². The zero-order valence-electron chi connectivity index (χ0n) is 10.1. The van der Waals surface area contributed by atoms with Gasteiger partial charge < -0.3 is 10.2 Å². The van der Waals surface area contributed by atoms with Crippen molar-refractivity contribution >= 4 is 16.5 Å². The molecule has 2 aromatic heterocycles. The van der Waals surface area contributed by atoms with Gasteiger partial charge >= 0.3 is 0 Å². The minimum absolute atomic E-state index is 0.197. The van der Waals surface area contributed by atoms with Gasteiger partial charge in [-0.15, -0.1) is 0 Å². The van der Waals surface area contributed by atoms with Crippen LogP contribution in [0.15, 0.2) is 65.4 Å². The van der Waals surface area contributed by atoms with Crippen molar-refractivity contribution in [3.63, 3.8) is 0 Å². The van der Waals surface area contributed by atoms with Gasteiger partial charge in [-0.2, -0.15) is 0 Å². The predicted molar refractivity (Wildman–Crippen MR) is 76.5 cm³/mol. The smallest absolute Gasteiger partial charge is 0.210 e. The first kappa shape index (κ1) is 13.0. The third-order valence-corrected chi connectivity index (χ3v) is 3.09. The minimum Gasteiger partial charge on any atom is -0.447 e. The van der Waals surface area contributed by atoms with Crippen molar-refractivity contribution in [2.24, 2.45) is 0 Å². The highest BCUT2D eigenvalue weighted by atomic mass is 32.1. The molecular formula is C14H13N3OS. The zero-order chi connectivity index (χ0) is 13.5. The second kappa shape index (κ2) is 6.51. The number of hydrogen-bond donors (Lipinski definition) is 2. The molecule has 0 aliphatic heterocycles. The third kappa shape index (κ3) is 4.08.